The van der Waals surface area contributed by atoms with Crippen molar-refractivity contribution in [1.29, 1.82) is 0 Å². The second-order valence-corrected chi connectivity index (χ2v) is 8.12. The molecule has 0 saturated heterocycles. The van der Waals surface area contributed by atoms with Gasteiger partial charge in [-0.15, -0.1) is 4.89 Å². The van der Waals surface area contributed by atoms with Crippen LogP contribution in [-0.4, -0.2) is 23.7 Å². The number of carbonyl (C=O) groups excluding carboxylic acids is 1. The minimum Gasteiger partial charge on any atom is -0.454 e. The lowest BCUT2D eigenvalue weighted by Crippen LogP contribution is -2.18. The predicted octanol–water partition coefficient (Wildman–Crippen LogP) is 6.50. The van der Waals surface area contributed by atoms with Crippen LogP contribution in [0.25, 0.3) is 0 Å². The molecule has 9 heteroatoms. The van der Waals surface area contributed by atoms with Crippen LogP contribution in [0.3, 0.4) is 0 Å². The summed E-state index contributed by atoms with van der Waals surface area (Å²) < 4.78 is 34.4. The van der Waals surface area contributed by atoms with Gasteiger partial charge < -0.3 is 20.0 Å². The van der Waals surface area contributed by atoms with E-state index in [-0.39, 0.29) is 6.54 Å². The number of rotatable bonds is 9. The fraction of sp³-hybridized carbons (Fsp3) is 0.0741. The molecule has 4 aromatic rings. The van der Waals surface area contributed by atoms with E-state index < -0.39 is 11.6 Å². The number of anilines is 2. The number of carbonyl (C=O) groups is 1. The minimum atomic E-state index is -0.453. The number of benzene rings is 4. The zero-order chi connectivity index (χ0) is 25.9. The smallest absolute Gasteiger partial charge is 0.166 e. The van der Waals surface area contributed by atoms with Crippen LogP contribution in [0, 0.1) is 11.6 Å². The Morgan fingerprint density at radius 2 is 1.61 bits per heavy atom. The van der Waals surface area contributed by atoms with Crippen molar-refractivity contribution in [3.63, 3.8) is 0 Å². The van der Waals surface area contributed by atoms with Crippen molar-refractivity contribution in [2.24, 2.45) is 0 Å². The van der Waals surface area contributed by atoms with Crippen LogP contribution in [0.15, 0.2) is 95.9 Å². The molecule has 0 atom stereocenters. The third kappa shape index (κ3) is 6.89. The summed E-state index contributed by atoms with van der Waals surface area (Å²) in [6, 6.07) is 24.2. The second kappa shape index (κ2) is 13.4. The van der Waals surface area contributed by atoms with Crippen LogP contribution in [0.5, 0.6) is 11.5 Å². The molecule has 0 aliphatic rings. The maximum atomic E-state index is 14.2. The summed E-state index contributed by atoms with van der Waals surface area (Å²) in [5.74, 6) is -0.0124. The number of nitrogens with one attached hydrogen (secondary N) is 1. The fourth-order valence-electron chi connectivity index (χ4n) is 3.49. The first kappa shape index (κ1) is 26.8. The van der Waals surface area contributed by atoms with Gasteiger partial charge in [-0.3, -0.25) is 4.79 Å². The third-order valence-electron chi connectivity index (χ3n) is 4.95. The maximum absolute atomic E-state index is 14.2. The Kier molecular flexibility index (Phi) is 9.96. The van der Waals surface area contributed by atoms with E-state index >= 15 is 0 Å². The minimum absolute atomic E-state index is 0.158. The van der Waals surface area contributed by atoms with Gasteiger partial charge in [-0.25, -0.2) is 8.78 Å². The predicted molar refractivity (Wildman–Crippen MR) is 136 cm³/mol. The lowest BCUT2D eigenvalue weighted by Gasteiger charge is -2.28. The summed E-state index contributed by atoms with van der Waals surface area (Å²) in [5, 5.41) is 16.4. The van der Waals surface area contributed by atoms with E-state index in [1.54, 1.807) is 53.4 Å². The van der Waals surface area contributed by atoms with Crippen molar-refractivity contribution in [1.82, 2.24) is 4.89 Å². The molecule has 36 heavy (non-hydrogen) atoms. The van der Waals surface area contributed by atoms with E-state index in [4.69, 9.17) is 9.84 Å². The van der Waals surface area contributed by atoms with Crippen LogP contribution >= 0.6 is 11.9 Å². The van der Waals surface area contributed by atoms with Gasteiger partial charge in [-0.1, -0.05) is 36.4 Å². The highest BCUT2D eigenvalue weighted by Gasteiger charge is 2.22. The standard InChI is InChI=1S/C26H20F2N2O3S.CH4O/c27-20-7-4-6-18(12-20)16-30(22-9-5-8-21(28)15-22)24-13-19(17-31)14-25(34-29-32)26(24)33-23-10-2-1-3-11-23;1-2/h1-15,17,29,32H,16H2;2H,1H3. The molecule has 0 spiro atoms. The highest BCUT2D eigenvalue weighted by Crippen LogP contribution is 2.44. The van der Waals surface area contributed by atoms with Crippen LogP contribution < -0.4 is 14.5 Å². The molecule has 3 N–H and O–H groups in total. The molecule has 4 aromatic carbocycles. The van der Waals surface area contributed by atoms with Crippen molar-refractivity contribution in [2.75, 3.05) is 12.0 Å². The normalized spacial score (nSPS) is 10.2. The van der Waals surface area contributed by atoms with E-state index in [1.807, 2.05) is 23.1 Å². The van der Waals surface area contributed by atoms with Gasteiger partial charge in [0.2, 0.25) is 0 Å². The van der Waals surface area contributed by atoms with Gasteiger partial charge >= 0.3 is 0 Å². The Morgan fingerprint density at radius 1 is 0.917 bits per heavy atom. The Bertz CT molecular complexity index is 1290. The first-order valence-corrected chi connectivity index (χ1v) is 11.5. The Balaban J connectivity index is 0.00000176. The van der Waals surface area contributed by atoms with Gasteiger partial charge in [-0.2, -0.15) is 0 Å². The van der Waals surface area contributed by atoms with E-state index in [0.29, 0.717) is 45.2 Å². The molecule has 0 fully saturated rings. The summed E-state index contributed by atoms with van der Waals surface area (Å²) in [6.45, 7) is 0.158. The topological polar surface area (TPSA) is 82.0 Å². The lowest BCUT2D eigenvalue weighted by molar-refractivity contribution is 0.112. The summed E-state index contributed by atoms with van der Waals surface area (Å²) in [5.41, 5.74) is 1.84. The van der Waals surface area contributed by atoms with E-state index in [0.717, 1.165) is 19.1 Å². The first-order chi connectivity index (χ1) is 17.6. The number of aliphatic hydroxyl groups excluding tert-OH is 1. The van der Waals surface area contributed by atoms with Gasteiger partial charge in [0.05, 0.1) is 10.6 Å². The van der Waals surface area contributed by atoms with E-state index in [1.165, 1.54) is 24.3 Å². The number of hydrogen-bond acceptors (Lipinski definition) is 7. The highest BCUT2D eigenvalue weighted by atomic mass is 32.2. The van der Waals surface area contributed by atoms with Gasteiger partial charge in [0.15, 0.2) is 5.75 Å². The zero-order valence-electron chi connectivity index (χ0n) is 19.3. The molecule has 4 rings (SSSR count). The molecular formula is C27H24F2N2O4S. The molecule has 0 aliphatic heterocycles. The molecule has 0 aromatic heterocycles. The van der Waals surface area contributed by atoms with Crippen LogP contribution in [0.4, 0.5) is 20.2 Å². The van der Waals surface area contributed by atoms with Crippen molar-refractivity contribution < 1.29 is 28.6 Å². The third-order valence-corrected chi connectivity index (χ3v) is 5.57. The molecule has 0 bridgehead atoms. The average molecular weight is 511 g/mol. The largest absolute Gasteiger partial charge is 0.454 e. The number of aldehydes is 1. The lowest BCUT2D eigenvalue weighted by atomic mass is 10.1. The molecule has 0 unspecified atom stereocenters. The molecule has 0 heterocycles. The molecular weight excluding hydrogens is 486 g/mol. The first-order valence-electron chi connectivity index (χ1n) is 10.7. The quantitative estimate of drug-likeness (QED) is 0.135. The van der Waals surface area contributed by atoms with E-state index in [9.17, 15) is 18.8 Å². The van der Waals surface area contributed by atoms with Crippen LogP contribution in [0.2, 0.25) is 0 Å². The number of hydrogen-bond donors (Lipinski definition) is 3. The van der Waals surface area contributed by atoms with Gasteiger partial charge in [-0.05, 0) is 72.1 Å². The number of nitrogens with zero attached hydrogens (tertiary/aromatic N) is 1. The van der Waals surface area contributed by atoms with Crippen molar-refractivity contribution in [3.8, 4) is 11.5 Å². The zero-order valence-corrected chi connectivity index (χ0v) is 20.1. The van der Waals surface area contributed by atoms with Gasteiger partial charge in [0.1, 0.15) is 23.7 Å². The van der Waals surface area contributed by atoms with Crippen LogP contribution in [0.1, 0.15) is 15.9 Å². The molecule has 0 saturated carbocycles. The van der Waals surface area contributed by atoms with Gasteiger partial charge in [0.25, 0.3) is 0 Å². The molecule has 0 radical (unpaired) electrons. The molecule has 6 nitrogen and oxygen atoms in total. The summed E-state index contributed by atoms with van der Waals surface area (Å²) in [4.78, 5) is 15.9. The number of halogens is 2. The van der Waals surface area contributed by atoms with Crippen molar-refractivity contribution in [2.45, 2.75) is 11.4 Å². The average Bonchev–Trinajstić information content (AvgIpc) is 2.90. The fourth-order valence-corrected chi connectivity index (χ4v) is 4.02. The van der Waals surface area contributed by atoms with Crippen LogP contribution in [-0.2, 0) is 6.54 Å². The van der Waals surface area contributed by atoms with Crippen molar-refractivity contribution in [3.05, 3.63) is 114 Å². The van der Waals surface area contributed by atoms with Gasteiger partial charge in [0, 0.05) is 24.9 Å². The second-order valence-electron chi connectivity index (χ2n) is 7.29. The highest BCUT2D eigenvalue weighted by molar-refractivity contribution is 7.97. The molecule has 186 valence electrons. The van der Waals surface area contributed by atoms with E-state index in [2.05, 4.69) is 0 Å². The monoisotopic (exact) mass is 510 g/mol. The Morgan fingerprint density at radius 3 is 2.25 bits per heavy atom. The number of aliphatic hydroxyl groups is 1. The number of ether oxygens (including phenoxy) is 1. The molecule has 0 amide bonds. The molecule has 0 aliphatic carbocycles. The Labute approximate surface area is 211 Å². The number of para-hydroxylation sites is 1. The summed E-state index contributed by atoms with van der Waals surface area (Å²) in [6.07, 6.45) is 0.670. The SMILES string of the molecule is CO.O=Cc1cc(SNO)c(Oc2ccccc2)c(N(Cc2cccc(F)c2)c2cccc(F)c2)c1. The van der Waals surface area contributed by atoms with Crippen molar-refractivity contribution >= 4 is 29.6 Å². The maximum Gasteiger partial charge on any atom is 0.166 e. The Hall–Kier alpha value is -3.76. The summed E-state index contributed by atoms with van der Waals surface area (Å²) in [7, 11) is 1.00. The summed E-state index contributed by atoms with van der Waals surface area (Å²) >= 11 is 0.850.